The molecular weight excluding hydrogens is 452 g/mol. The first-order valence-corrected chi connectivity index (χ1v) is 11.9. The van der Waals surface area contributed by atoms with Gasteiger partial charge in [-0.3, -0.25) is 19.7 Å². The smallest absolute Gasteiger partial charge is 0.234 e. The minimum Gasteiger partial charge on any atom is -0.493 e. The van der Waals surface area contributed by atoms with E-state index >= 15 is 0 Å². The van der Waals surface area contributed by atoms with Gasteiger partial charge in [0, 0.05) is 35.5 Å². The Hall–Kier alpha value is -2.76. The zero-order valence-electron chi connectivity index (χ0n) is 17.8. The highest BCUT2D eigenvalue weighted by Crippen LogP contribution is 2.29. The number of hydrogen-bond acceptors (Lipinski definition) is 8. The van der Waals surface area contributed by atoms with E-state index in [0.29, 0.717) is 23.7 Å². The fourth-order valence-corrected chi connectivity index (χ4v) is 4.67. The summed E-state index contributed by atoms with van der Waals surface area (Å²) in [6.07, 6.45) is 0.398. The quantitative estimate of drug-likeness (QED) is 0.412. The van der Waals surface area contributed by atoms with Crippen LogP contribution < -0.4 is 30.7 Å². The van der Waals surface area contributed by atoms with E-state index in [4.69, 9.17) is 9.47 Å². The third kappa shape index (κ3) is 7.14. The lowest BCUT2D eigenvalue weighted by atomic mass is 10.1. The highest BCUT2D eigenvalue weighted by atomic mass is 32.2. The number of methoxy groups -OCH3 is 2. The Kier molecular flexibility index (Phi) is 8.77. The van der Waals surface area contributed by atoms with Gasteiger partial charge in [-0.2, -0.15) is 0 Å². The predicted octanol–water partition coefficient (Wildman–Crippen LogP) is 1.91. The fourth-order valence-electron chi connectivity index (χ4n) is 3.13. The molecular formula is C21H26N4O5S2. The zero-order chi connectivity index (χ0) is 22.9. The first-order chi connectivity index (χ1) is 15.5. The Morgan fingerprint density at radius 3 is 2.72 bits per heavy atom. The molecule has 1 fully saturated rings. The van der Waals surface area contributed by atoms with E-state index < -0.39 is 5.50 Å². The van der Waals surface area contributed by atoms with Crippen molar-refractivity contribution in [3.05, 3.63) is 40.6 Å². The van der Waals surface area contributed by atoms with Crippen LogP contribution in [0.15, 0.2) is 35.7 Å². The van der Waals surface area contributed by atoms with E-state index in [2.05, 4.69) is 21.3 Å². The molecule has 9 nitrogen and oxygen atoms in total. The number of thiophene rings is 1. The third-order valence-electron chi connectivity index (χ3n) is 4.63. The van der Waals surface area contributed by atoms with Crippen molar-refractivity contribution in [1.29, 1.82) is 0 Å². The maximum Gasteiger partial charge on any atom is 0.234 e. The van der Waals surface area contributed by atoms with E-state index in [-0.39, 0.29) is 42.4 Å². The molecule has 11 heteroatoms. The van der Waals surface area contributed by atoms with Crippen LogP contribution in [0.25, 0.3) is 0 Å². The molecule has 1 saturated heterocycles. The minimum atomic E-state index is -0.456. The van der Waals surface area contributed by atoms with Crippen LogP contribution in [0.3, 0.4) is 0 Å². The van der Waals surface area contributed by atoms with Crippen molar-refractivity contribution in [2.75, 3.05) is 25.3 Å². The predicted molar refractivity (Wildman–Crippen MR) is 125 cm³/mol. The molecule has 2 heterocycles. The number of benzene rings is 1. The summed E-state index contributed by atoms with van der Waals surface area (Å²) in [4.78, 5) is 37.7. The third-order valence-corrected chi connectivity index (χ3v) is 6.52. The van der Waals surface area contributed by atoms with Gasteiger partial charge in [0.25, 0.3) is 0 Å². The number of anilines is 1. The number of rotatable bonds is 10. The van der Waals surface area contributed by atoms with Crippen molar-refractivity contribution in [1.82, 2.24) is 16.0 Å². The number of carbonyl (C=O) groups excluding carboxylic acids is 3. The first-order valence-electron chi connectivity index (χ1n) is 9.94. The van der Waals surface area contributed by atoms with Gasteiger partial charge < -0.3 is 25.4 Å². The van der Waals surface area contributed by atoms with Gasteiger partial charge in [0.1, 0.15) is 5.50 Å². The van der Waals surface area contributed by atoms with Crippen molar-refractivity contribution < 1.29 is 23.9 Å². The van der Waals surface area contributed by atoms with Crippen molar-refractivity contribution >= 4 is 46.5 Å². The minimum absolute atomic E-state index is 0.115. The van der Waals surface area contributed by atoms with Gasteiger partial charge in [0.05, 0.1) is 26.5 Å². The number of amides is 3. The lowest BCUT2D eigenvalue weighted by Gasteiger charge is -2.30. The van der Waals surface area contributed by atoms with E-state index in [1.807, 2.05) is 17.5 Å². The monoisotopic (exact) mass is 478 g/mol. The van der Waals surface area contributed by atoms with Gasteiger partial charge in [0.15, 0.2) is 11.5 Å². The van der Waals surface area contributed by atoms with Crippen LogP contribution >= 0.6 is 23.1 Å². The SMILES string of the molecule is COc1ccc(NC(=O)CSC2NC(=O)CC(CC(=O)NCc3cccs3)N2)cc1OC. The number of carbonyl (C=O) groups is 3. The van der Waals surface area contributed by atoms with Gasteiger partial charge in [-0.25, -0.2) is 0 Å². The lowest BCUT2D eigenvalue weighted by Crippen LogP contribution is -2.56. The molecule has 1 aromatic heterocycles. The number of ether oxygens (including phenoxy) is 2. The molecule has 0 bridgehead atoms. The Balaban J connectivity index is 1.44. The van der Waals surface area contributed by atoms with Crippen molar-refractivity contribution in [2.45, 2.75) is 30.9 Å². The van der Waals surface area contributed by atoms with Gasteiger partial charge in [-0.1, -0.05) is 6.07 Å². The van der Waals surface area contributed by atoms with Crippen molar-refractivity contribution in [3.8, 4) is 11.5 Å². The number of hydrogen-bond donors (Lipinski definition) is 4. The number of thioether (sulfide) groups is 1. The average molecular weight is 479 g/mol. The first kappa shape index (κ1) is 23.9. The van der Waals surface area contributed by atoms with Crippen molar-refractivity contribution in [3.63, 3.8) is 0 Å². The summed E-state index contributed by atoms with van der Waals surface area (Å²) >= 11 is 2.82. The highest BCUT2D eigenvalue weighted by molar-refractivity contribution is 8.00. The summed E-state index contributed by atoms with van der Waals surface area (Å²) in [7, 11) is 3.06. The van der Waals surface area contributed by atoms with Gasteiger partial charge in [-0.15, -0.1) is 23.1 Å². The Bertz CT molecular complexity index is 938. The summed E-state index contributed by atoms with van der Waals surface area (Å²) in [6.45, 7) is 0.476. The van der Waals surface area contributed by atoms with Crippen molar-refractivity contribution in [2.24, 2.45) is 0 Å². The second-order valence-corrected chi connectivity index (χ2v) is 9.13. The second-order valence-electron chi connectivity index (χ2n) is 7.00. The molecule has 1 aliphatic rings. The summed E-state index contributed by atoms with van der Waals surface area (Å²) in [5.74, 6) is 0.690. The Morgan fingerprint density at radius 1 is 1.19 bits per heavy atom. The molecule has 0 spiro atoms. The van der Waals surface area contributed by atoms with Crippen LogP contribution in [0.1, 0.15) is 17.7 Å². The molecule has 172 valence electrons. The van der Waals surface area contributed by atoms with Crippen LogP contribution in [0, 0.1) is 0 Å². The summed E-state index contributed by atoms with van der Waals surface area (Å²) in [5.41, 5.74) is 0.122. The molecule has 4 N–H and O–H groups in total. The molecule has 3 rings (SSSR count). The van der Waals surface area contributed by atoms with Crippen LogP contribution in [-0.2, 0) is 20.9 Å². The average Bonchev–Trinajstić information content (AvgIpc) is 3.29. The molecule has 2 atom stereocenters. The lowest BCUT2D eigenvalue weighted by molar-refractivity contribution is -0.125. The Morgan fingerprint density at radius 2 is 2.00 bits per heavy atom. The van der Waals surface area contributed by atoms with E-state index in [1.54, 1.807) is 36.6 Å². The molecule has 1 aliphatic heterocycles. The van der Waals surface area contributed by atoms with Crippen LogP contribution in [0.2, 0.25) is 0 Å². The van der Waals surface area contributed by atoms with E-state index in [1.165, 1.54) is 18.9 Å². The van der Waals surface area contributed by atoms with Gasteiger partial charge in [0.2, 0.25) is 17.7 Å². The van der Waals surface area contributed by atoms with Crippen LogP contribution in [0.5, 0.6) is 11.5 Å². The molecule has 2 unspecified atom stereocenters. The fraction of sp³-hybridized carbons (Fsp3) is 0.381. The second kappa shape index (κ2) is 11.7. The molecule has 1 aromatic carbocycles. The Labute approximate surface area is 194 Å². The summed E-state index contributed by atoms with van der Waals surface area (Å²) in [5, 5.41) is 13.6. The highest BCUT2D eigenvalue weighted by Gasteiger charge is 2.28. The van der Waals surface area contributed by atoms with Gasteiger partial charge in [-0.05, 0) is 23.6 Å². The largest absolute Gasteiger partial charge is 0.493 e. The molecule has 0 aliphatic carbocycles. The van der Waals surface area contributed by atoms with Gasteiger partial charge >= 0.3 is 0 Å². The zero-order valence-corrected chi connectivity index (χ0v) is 19.4. The summed E-state index contributed by atoms with van der Waals surface area (Å²) in [6, 6.07) is 8.69. The van der Waals surface area contributed by atoms with Crippen LogP contribution in [-0.4, -0.2) is 49.2 Å². The molecule has 0 saturated carbocycles. The van der Waals surface area contributed by atoms with E-state index in [0.717, 1.165) is 4.88 Å². The summed E-state index contributed by atoms with van der Waals surface area (Å²) < 4.78 is 10.4. The maximum absolute atomic E-state index is 12.3. The normalized spacial score (nSPS) is 17.9. The molecule has 0 radical (unpaired) electrons. The van der Waals surface area contributed by atoms with E-state index in [9.17, 15) is 14.4 Å². The molecule has 2 aromatic rings. The maximum atomic E-state index is 12.3. The topological polar surface area (TPSA) is 118 Å². The molecule has 32 heavy (non-hydrogen) atoms. The molecule has 3 amide bonds. The van der Waals surface area contributed by atoms with Crippen LogP contribution in [0.4, 0.5) is 5.69 Å². The standard InChI is InChI=1S/C21H26N4O5S2/c1-29-16-6-5-13(8-17(16)30-2)23-20(28)12-32-21-24-14(10-19(27)25-21)9-18(26)22-11-15-4-3-7-31-15/h3-8,14,21,24H,9-12H2,1-2H3,(H,22,26)(H,23,28)(H,25,27). The number of nitrogens with one attached hydrogen (secondary N) is 4.